The molecule has 2 aromatic carbocycles. The molecule has 0 aliphatic rings. The fourth-order valence-electron chi connectivity index (χ4n) is 8.73. The molecule has 0 saturated carbocycles. The van der Waals surface area contributed by atoms with Crippen molar-refractivity contribution in [2.24, 2.45) is 41.0 Å². The van der Waals surface area contributed by atoms with Gasteiger partial charge in [0.2, 0.25) is 11.8 Å². The van der Waals surface area contributed by atoms with Gasteiger partial charge in [-0.3, -0.25) is 47.4 Å². The monoisotopic (exact) mass is 1510 g/mol. The second-order valence-corrected chi connectivity index (χ2v) is 36.2. The SMILES string of the molecule is Cn1nc(C(C)(C)C)cc1-c1cnc(C(C)(C)S(=O)(=O)c2ccc(Cl)cc2)o1.Cn1nc(C(C)(C)C)cc1C(=O)CBr.Cn1nc(C(C)(C)C)cc1C(=O)CN.Cn1nc(C(C)(C)C)cc1C(=O)CNC(=O)C(C)(C)S(=O)(=O)c1ccc(Cl)cc1.Cn1nc(C(C)(C)C)cc1C(=O)Cl. The third-order valence-electron chi connectivity index (χ3n) is 15.4. The second kappa shape index (κ2) is 31.7. The van der Waals surface area contributed by atoms with Crippen LogP contribution in [0.3, 0.4) is 0 Å². The molecular weight excluding hydrogens is 1420 g/mol. The molecular formula is C69H95BrCl3N13O10S2. The van der Waals surface area contributed by atoms with E-state index in [9.17, 15) is 40.8 Å². The third-order valence-corrected chi connectivity index (χ3v) is 21.5. The Bertz CT molecular complexity index is 4320. The van der Waals surface area contributed by atoms with Crippen LogP contribution in [0.15, 0.2) is 99.3 Å². The number of halogens is 4. The normalized spacial score (nSPS) is 12.4. The Labute approximate surface area is 600 Å². The predicted molar refractivity (Wildman–Crippen MR) is 388 cm³/mol. The van der Waals surface area contributed by atoms with Gasteiger partial charge in [0.15, 0.2) is 42.8 Å². The molecule has 6 aromatic heterocycles. The fourth-order valence-corrected chi connectivity index (χ4v) is 12.3. The summed E-state index contributed by atoms with van der Waals surface area (Å²) in [4.78, 5) is 63.4. The molecule has 6 heterocycles. The summed E-state index contributed by atoms with van der Waals surface area (Å²) < 4.78 is 62.8. The first-order chi connectivity index (χ1) is 44.5. The van der Waals surface area contributed by atoms with Crippen molar-refractivity contribution in [2.45, 2.75) is 178 Å². The van der Waals surface area contributed by atoms with Crippen molar-refractivity contribution in [1.29, 1.82) is 0 Å². The number of carbonyl (C=O) groups excluding carboxylic acids is 5. The van der Waals surface area contributed by atoms with Crippen LogP contribution in [0.5, 0.6) is 0 Å². The van der Waals surface area contributed by atoms with Crippen LogP contribution in [-0.4, -0.2) is 122 Å². The van der Waals surface area contributed by atoms with E-state index in [1.54, 1.807) is 80.3 Å². The number of benzene rings is 2. The molecule has 23 nitrogen and oxygen atoms in total. The molecule has 8 aromatic rings. The van der Waals surface area contributed by atoms with Gasteiger partial charge in [-0.05, 0) is 118 Å². The number of carbonyl (C=O) groups is 5. The number of nitrogens with two attached hydrogens (primary N) is 1. The third kappa shape index (κ3) is 20.6. The molecule has 0 aliphatic carbocycles. The van der Waals surface area contributed by atoms with Crippen LogP contribution < -0.4 is 11.1 Å². The standard InChI is InChI=1S/C20H26ClN3O4S.C20H24ClN3O3S.C10H15BrN2O.C10H17N3O.C9H13ClN2O/c1-19(2,3)17-11-15(24(6)23-17)16(25)12-22-18(26)20(4,5)29(27,28)14-9-7-13(21)8-10-14;1-19(2,3)17-11-15(24(6)23-17)16-12-22-18(27-16)20(4,5)28(25,26)14-9-7-13(21)8-10-14;2*1-10(2,3)9-5-7(8(14)6-11)13(4)12-9;1-9(2,3)7-5-6(8(10)13)12(4)11-7/h7-11H,12H2,1-6H3,(H,22,26);7-12H,1-6H3;5H,6H2,1-4H3;5H,6,11H2,1-4H3;5H,1-4H3. The maximum Gasteiger partial charge on any atom is 0.270 e. The van der Waals surface area contributed by atoms with Crippen molar-refractivity contribution < 1.29 is 45.2 Å². The van der Waals surface area contributed by atoms with Crippen molar-refractivity contribution in [2.75, 3.05) is 18.4 Å². The Morgan fingerprint density at radius 3 is 1.14 bits per heavy atom. The number of nitrogens with one attached hydrogen (secondary N) is 1. The molecule has 0 unspecified atom stereocenters. The number of sulfone groups is 2. The van der Waals surface area contributed by atoms with Gasteiger partial charge < -0.3 is 15.5 Å². The number of nitrogens with zero attached hydrogens (tertiary/aromatic N) is 11. The Morgan fingerprint density at radius 2 is 0.816 bits per heavy atom. The average molecular weight is 1520 g/mol. The lowest BCUT2D eigenvalue weighted by Crippen LogP contribution is -2.49. The summed E-state index contributed by atoms with van der Waals surface area (Å²) in [5.74, 6) is -0.538. The van der Waals surface area contributed by atoms with Crippen LogP contribution in [0.2, 0.25) is 10.0 Å². The summed E-state index contributed by atoms with van der Waals surface area (Å²) in [5, 5.41) is 24.9. The van der Waals surface area contributed by atoms with Crippen molar-refractivity contribution in [3.05, 3.63) is 152 Å². The number of hydrogen-bond donors (Lipinski definition) is 2. The summed E-state index contributed by atoms with van der Waals surface area (Å²) in [6.45, 7) is 36.2. The number of hydrogen-bond acceptors (Lipinski definition) is 17. The van der Waals surface area contributed by atoms with E-state index in [1.807, 2.05) is 66.8 Å². The van der Waals surface area contributed by atoms with Crippen molar-refractivity contribution in [3.63, 3.8) is 0 Å². The number of ketones is 3. The van der Waals surface area contributed by atoms with Crippen molar-refractivity contribution in [1.82, 2.24) is 59.2 Å². The molecule has 3 N–H and O–H groups in total. The number of aromatic nitrogens is 11. The summed E-state index contributed by atoms with van der Waals surface area (Å²) >= 11 is 20.2. The van der Waals surface area contributed by atoms with Crippen LogP contribution in [0.4, 0.5) is 0 Å². The Balaban J connectivity index is 0.000000273. The van der Waals surface area contributed by atoms with Crippen LogP contribution in [-0.2, 0) is 91.5 Å². The minimum absolute atomic E-state index is 0.0113. The molecule has 0 bridgehead atoms. The molecule has 98 heavy (non-hydrogen) atoms. The quantitative estimate of drug-likeness (QED) is 0.0547. The maximum atomic E-state index is 13.2. The first-order valence-electron chi connectivity index (χ1n) is 31.1. The average Bonchev–Trinajstić information content (AvgIpc) is 1.14. The lowest BCUT2D eigenvalue weighted by atomic mass is 9.92. The van der Waals surface area contributed by atoms with Crippen LogP contribution >= 0.6 is 50.7 Å². The molecule has 0 radical (unpaired) electrons. The van der Waals surface area contributed by atoms with E-state index >= 15 is 0 Å². The van der Waals surface area contributed by atoms with E-state index < -0.39 is 40.3 Å². The molecule has 0 saturated heterocycles. The van der Waals surface area contributed by atoms with Gasteiger partial charge in [0.25, 0.3) is 5.24 Å². The van der Waals surface area contributed by atoms with Gasteiger partial charge in [-0.2, -0.15) is 25.5 Å². The zero-order chi connectivity index (χ0) is 75.2. The molecule has 0 spiro atoms. The number of oxazole rings is 1. The zero-order valence-corrected chi connectivity index (χ0v) is 66.1. The van der Waals surface area contributed by atoms with Crippen molar-refractivity contribution in [3.8, 4) is 11.5 Å². The lowest BCUT2D eigenvalue weighted by Gasteiger charge is -2.23. The minimum Gasteiger partial charge on any atom is -0.437 e. The highest BCUT2D eigenvalue weighted by molar-refractivity contribution is 9.09. The number of amides is 1. The van der Waals surface area contributed by atoms with Gasteiger partial charge in [-0.15, -0.1) is 0 Å². The van der Waals surface area contributed by atoms with Gasteiger partial charge in [0, 0.05) is 72.4 Å². The molecule has 536 valence electrons. The van der Waals surface area contributed by atoms with E-state index in [1.165, 1.54) is 65.8 Å². The van der Waals surface area contributed by atoms with Crippen molar-refractivity contribution >= 4 is 98.9 Å². The number of alkyl halides is 1. The highest BCUT2D eigenvalue weighted by Gasteiger charge is 2.44. The molecule has 0 aliphatic heterocycles. The van der Waals surface area contributed by atoms with Gasteiger partial charge in [0.1, 0.15) is 38.0 Å². The number of rotatable bonds is 15. The summed E-state index contributed by atoms with van der Waals surface area (Å²) in [6, 6.07) is 20.7. The zero-order valence-electron chi connectivity index (χ0n) is 60.6. The van der Waals surface area contributed by atoms with Crippen LogP contribution in [0.1, 0.15) is 208 Å². The van der Waals surface area contributed by atoms with Gasteiger partial charge >= 0.3 is 0 Å². The summed E-state index contributed by atoms with van der Waals surface area (Å²) in [6.07, 6.45) is 1.54. The second-order valence-electron chi connectivity index (χ2n) is 29.5. The summed E-state index contributed by atoms with van der Waals surface area (Å²) in [5.41, 5.74) is 12.0. The first-order valence-corrected chi connectivity index (χ1v) is 36.3. The number of aryl methyl sites for hydroxylation is 5. The highest BCUT2D eigenvalue weighted by Crippen LogP contribution is 2.38. The van der Waals surface area contributed by atoms with Crippen LogP contribution in [0, 0.1) is 0 Å². The maximum absolute atomic E-state index is 13.2. The smallest absolute Gasteiger partial charge is 0.270 e. The van der Waals surface area contributed by atoms with E-state index in [-0.39, 0.29) is 73.2 Å². The fraction of sp³-hybridized carbons (Fsp3) is 0.493. The predicted octanol–water partition coefficient (Wildman–Crippen LogP) is 12.9. The van der Waals surface area contributed by atoms with E-state index in [0.29, 0.717) is 43.9 Å². The Hall–Kier alpha value is -6.94. The lowest BCUT2D eigenvalue weighted by molar-refractivity contribution is -0.122. The van der Waals surface area contributed by atoms with E-state index in [0.717, 1.165) is 34.2 Å². The summed E-state index contributed by atoms with van der Waals surface area (Å²) in [7, 11) is 1.01. The van der Waals surface area contributed by atoms with Gasteiger partial charge in [-0.1, -0.05) is 143 Å². The van der Waals surface area contributed by atoms with E-state index in [2.05, 4.69) is 114 Å². The minimum atomic E-state index is -3.99. The number of Topliss-reactive ketones (excluding diaryl/α,β-unsaturated/α-hetero) is 3. The van der Waals surface area contributed by atoms with Gasteiger partial charge in [0.05, 0.1) is 62.9 Å². The molecule has 8 rings (SSSR count). The van der Waals surface area contributed by atoms with E-state index in [4.69, 9.17) is 45.0 Å². The topological polar surface area (TPSA) is 307 Å². The Morgan fingerprint density at radius 1 is 0.490 bits per heavy atom. The molecule has 29 heteroatoms. The molecule has 0 atom stereocenters. The highest BCUT2D eigenvalue weighted by atomic mass is 79.9. The Kier molecular flexibility index (Phi) is 27.0. The van der Waals surface area contributed by atoms with Crippen LogP contribution in [0.25, 0.3) is 11.5 Å². The first kappa shape index (κ1) is 83.5. The van der Waals surface area contributed by atoms with Gasteiger partial charge in [-0.25, -0.2) is 21.8 Å². The molecule has 1 amide bonds. The largest absolute Gasteiger partial charge is 0.437 e. The molecule has 0 fully saturated rings.